The van der Waals surface area contributed by atoms with Crippen LogP contribution >= 0.6 is 0 Å². The van der Waals surface area contributed by atoms with E-state index in [2.05, 4.69) is 31.6 Å². The van der Waals surface area contributed by atoms with Gasteiger partial charge in [0, 0.05) is 12.0 Å². The molecule has 0 N–H and O–H groups in total. The van der Waals surface area contributed by atoms with Gasteiger partial charge in [-0.1, -0.05) is 26.8 Å². The molecule has 0 aliphatic heterocycles. The van der Waals surface area contributed by atoms with E-state index >= 15 is 0 Å². The van der Waals surface area contributed by atoms with Crippen molar-refractivity contribution >= 4 is 11.8 Å². The zero-order valence-electron chi connectivity index (χ0n) is 14.4. The molecule has 0 radical (unpaired) electrons. The Morgan fingerprint density at radius 2 is 1.77 bits per heavy atom. The Morgan fingerprint density at radius 1 is 1.14 bits per heavy atom. The summed E-state index contributed by atoms with van der Waals surface area (Å²) >= 11 is 0. The molecule has 0 bridgehead atoms. The van der Waals surface area contributed by atoms with Crippen molar-refractivity contribution in [2.75, 3.05) is 13.7 Å². The van der Waals surface area contributed by atoms with Crippen LogP contribution in [-0.4, -0.2) is 25.5 Å². The average molecular weight is 306 g/mol. The first-order valence-corrected chi connectivity index (χ1v) is 7.58. The second-order valence-electron chi connectivity index (χ2n) is 6.37. The van der Waals surface area contributed by atoms with E-state index in [0.29, 0.717) is 17.9 Å². The first kappa shape index (κ1) is 18.2. The topological polar surface area (TPSA) is 52.6 Å². The van der Waals surface area contributed by atoms with Gasteiger partial charge >= 0.3 is 5.97 Å². The van der Waals surface area contributed by atoms with Crippen molar-refractivity contribution < 1.29 is 19.1 Å². The van der Waals surface area contributed by atoms with Gasteiger partial charge in [0.15, 0.2) is 5.78 Å². The van der Waals surface area contributed by atoms with E-state index in [1.165, 1.54) is 7.11 Å². The van der Waals surface area contributed by atoms with E-state index in [-0.39, 0.29) is 30.0 Å². The molecule has 0 fully saturated rings. The lowest BCUT2D eigenvalue weighted by molar-refractivity contribution is -0.140. The van der Waals surface area contributed by atoms with E-state index < -0.39 is 0 Å². The third-order valence-corrected chi connectivity index (χ3v) is 3.41. The fraction of sp³-hybridized carbons (Fsp3) is 0.556. The summed E-state index contributed by atoms with van der Waals surface area (Å²) in [5, 5.41) is 0. The molecule has 1 rings (SSSR count). The smallest absolute Gasteiger partial charge is 0.305 e. The number of benzene rings is 1. The highest BCUT2D eigenvalue weighted by molar-refractivity contribution is 6.00. The monoisotopic (exact) mass is 306 g/mol. The molecule has 0 spiro atoms. The van der Waals surface area contributed by atoms with Crippen LogP contribution in [0.4, 0.5) is 0 Å². The first-order valence-electron chi connectivity index (χ1n) is 7.58. The molecule has 4 heteroatoms. The highest BCUT2D eigenvalue weighted by atomic mass is 16.5. The summed E-state index contributed by atoms with van der Waals surface area (Å²) in [6.07, 6.45) is 0.208. The Kier molecular flexibility index (Phi) is 6.15. The summed E-state index contributed by atoms with van der Waals surface area (Å²) < 4.78 is 10.4. The van der Waals surface area contributed by atoms with Crippen LogP contribution in [0.2, 0.25) is 0 Å². The molecule has 0 aliphatic rings. The van der Waals surface area contributed by atoms with Gasteiger partial charge in [0.05, 0.1) is 25.7 Å². The van der Waals surface area contributed by atoms with Gasteiger partial charge in [0.1, 0.15) is 5.75 Å². The van der Waals surface area contributed by atoms with Gasteiger partial charge in [-0.2, -0.15) is 0 Å². The summed E-state index contributed by atoms with van der Waals surface area (Å²) in [5.41, 5.74) is 2.44. The number of hydrogen-bond donors (Lipinski definition) is 0. The Morgan fingerprint density at radius 3 is 2.27 bits per heavy atom. The molecule has 122 valence electrons. The molecule has 22 heavy (non-hydrogen) atoms. The van der Waals surface area contributed by atoms with Gasteiger partial charge < -0.3 is 9.47 Å². The predicted molar refractivity (Wildman–Crippen MR) is 86.6 cm³/mol. The molecule has 0 unspecified atom stereocenters. The molecule has 0 saturated carbocycles. The van der Waals surface area contributed by atoms with Crippen LogP contribution in [0.3, 0.4) is 0 Å². The molecular weight excluding hydrogens is 280 g/mol. The number of Topliss-reactive ketones (excluding diaryl/α,β-unsaturated/α-hetero) is 1. The van der Waals surface area contributed by atoms with Crippen molar-refractivity contribution in [2.45, 2.75) is 52.9 Å². The van der Waals surface area contributed by atoms with Gasteiger partial charge in [-0.3, -0.25) is 9.59 Å². The second kappa shape index (κ2) is 7.43. The van der Waals surface area contributed by atoms with Crippen molar-refractivity contribution in [3.63, 3.8) is 0 Å². The molecule has 0 saturated heterocycles. The van der Waals surface area contributed by atoms with E-state index in [0.717, 1.165) is 11.1 Å². The molecule has 0 atom stereocenters. The minimum absolute atomic E-state index is 0.0830. The SMILES string of the molecule is CCOc1c(C(=O)CCC(=O)OC)cc(C)cc1C(C)(C)C. The maximum atomic E-state index is 12.5. The standard InChI is InChI=1S/C18H26O4/c1-7-22-17-13(15(19)8-9-16(20)21-6)10-12(2)11-14(17)18(3,4)5/h10-11H,7-9H2,1-6H3. The zero-order valence-corrected chi connectivity index (χ0v) is 14.4. The molecule has 1 aromatic carbocycles. The van der Waals surface area contributed by atoms with Gasteiger partial charge in [-0.25, -0.2) is 0 Å². The summed E-state index contributed by atoms with van der Waals surface area (Å²) in [6, 6.07) is 3.89. The van der Waals surface area contributed by atoms with E-state index in [1.54, 1.807) is 0 Å². The van der Waals surface area contributed by atoms with Crippen LogP contribution in [0, 0.1) is 6.92 Å². The van der Waals surface area contributed by atoms with E-state index in [1.807, 2.05) is 19.9 Å². The summed E-state index contributed by atoms with van der Waals surface area (Å²) in [5.74, 6) is 0.161. The lowest BCUT2D eigenvalue weighted by Gasteiger charge is -2.25. The molecule has 0 aliphatic carbocycles. The van der Waals surface area contributed by atoms with E-state index in [4.69, 9.17) is 4.74 Å². The Hall–Kier alpha value is -1.84. The minimum Gasteiger partial charge on any atom is -0.493 e. The van der Waals surface area contributed by atoms with Gasteiger partial charge in [0.25, 0.3) is 0 Å². The van der Waals surface area contributed by atoms with Crippen LogP contribution in [0.15, 0.2) is 12.1 Å². The number of ketones is 1. The molecule has 4 nitrogen and oxygen atoms in total. The molecule has 0 heterocycles. The number of hydrogen-bond acceptors (Lipinski definition) is 4. The highest BCUT2D eigenvalue weighted by Crippen LogP contribution is 2.36. The van der Waals surface area contributed by atoms with Crippen LogP contribution in [0.5, 0.6) is 5.75 Å². The van der Waals surface area contributed by atoms with Crippen LogP contribution in [0.25, 0.3) is 0 Å². The molecule has 0 aromatic heterocycles. The minimum atomic E-state index is -0.380. The number of aryl methyl sites for hydroxylation is 1. The summed E-state index contributed by atoms with van der Waals surface area (Å²) in [6.45, 7) is 10.6. The van der Waals surface area contributed by atoms with Gasteiger partial charge in [-0.15, -0.1) is 0 Å². The number of rotatable bonds is 6. The number of esters is 1. The number of methoxy groups -OCH3 is 1. The number of ether oxygens (including phenoxy) is 2. The van der Waals surface area contributed by atoms with Crippen molar-refractivity contribution in [3.8, 4) is 5.75 Å². The van der Waals surface area contributed by atoms with Crippen molar-refractivity contribution in [2.24, 2.45) is 0 Å². The largest absolute Gasteiger partial charge is 0.493 e. The van der Waals surface area contributed by atoms with Crippen LogP contribution in [-0.2, 0) is 14.9 Å². The summed E-state index contributed by atoms with van der Waals surface area (Å²) in [4.78, 5) is 23.7. The molecular formula is C18H26O4. The van der Waals surface area contributed by atoms with E-state index in [9.17, 15) is 9.59 Å². The Labute approximate surface area is 132 Å². The van der Waals surface area contributed by atoms with Crippen molar-refractivity contribution in [1.82, 2.24) is 0 Å². The second-order valence-corrected chi connectivity index (χ2v) is 6.37. The number of carbonyl (C=O) groups excluding carboxylic acids is 2. The third kappa shape index (κ3) is 4.58. The lowest BCUT2D eigenvalue weighted by atomic mass is 9.83. The zero-order chi connectivity index (χ0) is 16.9. The lowest BCUT2D eigenvalue weighted by Crippen LogP contribution is -2.17. The third-order valence-electron chi connectivity index (χ3n) is 3.41. The normalized spacial score (nSPS) is 11.2. The molecule has 0 amide bonds. The maximum absolute atomic E-state index is 12.5. The maximum Gasteiger partial charge on any atom is 0.305 e. The average Bonchev–Trinajstić information content (AvgIpc) is 2.44. The fourth-order valence-corrected chi connectivity index (χ4v) is 2.29. The Balaban J connectivity index is 3.24. The van der Waals surface area contributed by atoms with Crippen molar-refractivity contribution in [3.05, 3.63) is 28.8 Å². The predicted octanol–water partition coefficient (Wildman–Crippen LogP) is 3.83. The molecule has 1 aromatic rings. The Bertz CT molecular complexity index is 553. The summed E-state index contributed by atoms with van der Waals surface area (Å²) in [7, 11) is 1.32. The first-order chi connectivity index (χ1) is 10.2. The van der Waals surface area contributed by atoms with Crippen LogP contribution < -0.4 is 4.74 Å². The van der Waals surface area contributed by atoms with Gasteiger partial charge in [-0.05, 0) is 30.9 Å². The number of carbonyl (C=O) groups is 2. The van der Waals surface area contributed by atoms with Crippen molar-refractivity contribution in [1.29, 1.82) is 0 Å². The quantitative estimate of drug-likeness (QED) is 0.592. The fourth-order valence-electron chi connectivity index (χ4n) is 2.29. The van der Waals surface area contributed by atoms with Crippen LogP contribution in [0.1, 0.15) is 62.0 Å². The highest BCUT2D eigenvalue weighted by Gasteiger charge is 2.25. The van der Waals surface area contributed by atoms with Gasteiger partial charge in [0.2, 0.25) is 0 Å².